The predicted octanol–water partition coefficient (Wildman–Crippen LogP) is 0.830. The number of nitrogens with one attached hydrogen (secondary N) is 1. The van der Waals surface area contributed by atoms with E-state index in [1.54, 1.807) is 0 Å². The lowest BCUT2D eigenvalue weighted by Gasteiger charge is -2.22. The van der Waals surface area contributed by atoms with Gasteiger partial charge in [0.2, 0.25) is 0 Å². The highest BCUT2D eigenvalue weighted by Gasteiger charge is 2.21. The first-order valence-corrected chi connectivity index (χ1v) is 7.40. The molecule has 112 valence electrons. The number of β-amino-alcohol motifs (C(OH)–C–C–N with tert-alkyl or cyclic N) is 1. The number of aliphatic hydroxyl groups excluding tert-OH is 2. The second kappa shape index (κ2) is 6.39. The molecule has 0 bridgehead atoms. The van der Waals surface area contributed by atoms with Crippen LogP contribution in [0.2, 0.25) is 0 Å². The Morgan fingerprint density at radius 3 is 2.71 bits per heavy atom. The molecule has 1 aromatic carbocycles. The van der Waals surface area contributed by atoms with Gasteiger partial charge in [0.15, 0.2) is 0 Å². The van der Waals surface area contributed by atoms with Gasteiger partial charge in [-0.1, -0.05) is 30.3 Å². The molecule has 1 aromatic heterocycles. The fourth-order valence-corrected chi connectivity index (χ4v) is 2.90. The van der Waals surface area contributed by atoms with Gasteiger partial charge in [-0.3, -0.25) is 10.00 Å². The zero-order chi connectivity index (χ0) is 14.7. The molecule has 0 saturated heterocycles. The lowest BCUT2D eigenvalue weighted by molar-refractivity contribution is 0.0604. The SMILES string of the molecule is OCC(O)CN1CCc2[nH]nc(-c3ccccc3)c2CC1. The molecular weight excluding hydrogens is 266 g/mol. The van der Waals surface area contributed by atoms with Crippen LogP contribution in [0.25, 0.3) is 11.3 Å². The van der Waals surface area contributed by atoms with Crippen molar-refractivity contribution in [3.8, 4) is 11.3 Å². The maximum Gasteiger partial charge on any atom is 0.0955 e. The average Bonchev–Trinajstić information content (AvgIpc) is 2.83. The highest BCUT2D eigenvalue weighted by atomic mass is 16.3. The van der Waals surface area contributed by atoms with E-state index >= 15 is 0 Å². The Morgan fingerprint density at radius 2 is 1.95 bits per heavy atom. The molecule has 0 aliphatic carbocycles. The number of fused-ring (bicyclic) bond motifs is 1. The van der Waals surface area contributed by atoms with Gasteiger partial charge >= 0.3 is 0 Å². The van der Waals surface area contributed by atoms with Crippen LogP contribution in [0.5, 0.6) is 0 Å². The summed E-state index contributed by atoms with van der Waals surface area (Å²) >= 11 is 0. The summed E-state index contributed by atoms with van der Waals surface area (Å²) in [7, 11) is 0. The van der Waals surface area contributed by atoms with Gasteiger partial charge in [0.05, 0.1) is 18.4 Å². The van der Waals surface area contributed by atoms with Crippen LogP contribution in [0, 0.1) is 0 Å². The van der Waals surface area contributed by atoms with E-state index in [1.807, 2.05) is 18.2 Å². The lowest BCUT2D eigenvalue weighted by atomic mass is 10.0. The van der Waals surface area contributed by atoms with Crippen LogP contribution in [0.1, 0.15) is 11.3 Å². The Balaban J connectivity index is 1.77. The summed E-state index contributed by atoms with van der Waals surface area (Å²) in [6.45, 7) is 2.09. The highest BCUT2D eigenvalue weighted by molar-refractivity contribution is 5.64. The van der Waals surface area contributed by atoms with Crippen molar-refractivity contribution in [2.75, 3.05) is 26.2 Å². The number of benzene rings is 1. The lowest BCUT2D eigenvalue weighted by Crippen LogP contribution is -2.36. The van der Waals surface area contributed by atoms with E-state index in [9.17, 15) is 5.11 Å². The number of rotatable bonds is 4. The molecule has 3 rings (SSSR count). The quantitative estimate of drug-likeness (QED) is 0.779. The molecule has 0 radical (unpaired) electrons. The third kappa shape index (κ3) is 3.15. The Bertz CT molecular complexity index is 582. The highest BCUT2D eigenvalue weighted by Crippen LogP contribution is 2.26. The molecule has 0 saturated carbocycles. The zero-order valence-corrected chi connectivity index (χ0v) is 12.0. The van der Waals surface area contributed by atoms with Crippen LogP contribution in [0.15, 0.2) is 30.3 Å². The molecule has 0 spiro atoms. The first-order valence-electron chi connectivity index (χ1n) is 7.40. The zero-order valence-electron chi connectivity index (χ0n) is 12.0. The Kier molecular flexibility index (Phi) is 4.34. The van der Waals surface area contributed by atoms with Gasteiger partial charge in [-0.05, 0) is 6.42 Å². The summed E-state index contributed by atoms with van der Waals surface area (Å²) in [5.74, 6) is 0. The first kappa shape index (κ1) is 14.3. The van der Waals surface area contributed by atoms with Crippen molar-refractivity contribution in [1.82, 2.24) is 15.1 Å². The van der Waals surface area contributed by atoms with Gasteiger partial charge in [-0.25, -0.2) is 0 Å². The molecule has 2 aromatic rings. The number of aliphatic hydroxyl groups is 2. The third-order valence-corrected chi connectivity index (χ3v) is 4.04. The van der Waals surface area contributed by atoms with E-state index in [0.717, 1.165) is 37.2 Å². The van der Waals surface area contributed by atoms with Crippen molar-refractivity contribution < 1.29 is 10.2 Å². The van der Waals surface area contributed by atoms with Crippen LogP contribution < -0.4 is 0 Å². The number of hydrogen-bond acceptors (Lipinski definition) is 4. The number of aromatic nitrogens is 2. The Hall–Kier alpha value is -1.69. The molecule has 3 N–H and O–H groups in total. The van der Waals surface area contributed by atoms with Crippen LogP contribution >= 0.6 is 0 Å². The predicted molar refractivity (Wildman–Crippen MR) is 81.0 cm³/mol. The molecule has 5 nitrogen and oxygen atoms in total. The van der Waals surface area contributed by atoms with Crippen molar-refractivity contribution in [3.63, 3.8) is 0 Å². The van der Waals surface area contributed by atoms with Gasteiger partial charge in [-0.2, -0.15) is 5.10 Å². The fourth-order valence-electron chi connectivity index (χ4n) is 2.90. The minimum Gasteiger partial charge on any atom is -0.394 e. The summed E-state index contributed by atoms with van der Waals surface area (Å²) in [6, 6.07) is 10.2. The minimum atomic E-state index is -0.659. The van der Waals surface area contributed by atoms with Gasteiger partial charge < -0.3 is 10.2 Å². The topological polar surface area (TPSA) is 72.4 Å². The average molecular weight is 287 g/mol. The second-order valence-corrected chi connectivity index (χ2v) is 5.53. The molecule has 21 heavy (non-hydrogen) atoms. The number of H-pyrrole nitrogens is 1. The molecule has 0 fully saturated rings. The molecule has 5 heteroatoms. The second-order valence-electron chi connectivity index (χ2n) is 5.53. The normalized spacial score (nSPS) is 17.2. The molecule has 1 aliphatic heterocycles. The smallest absolute Gasteiger partial charge is 0.0955 e. The molecule has 2 heterocycles. The monoisotopic (exact) mass is 287 g/mol. The van der Waals surface area contributed by atoms with E-state index in [2.05, 4.69) is 27.2 Å². The summed E-state index contributed by atoms with van der Waals surface area (Å²) in [4.78, 5) is 2.20. The minimum absolute atomic E-state index is 0.182. The van der Waals surface area contributed by atoms with E-state index in [0.29, 0.717) is 6.54 Å². The van der Waals surface area contributed by atoms with E-state index in [4.69, 9.17) is 5.11 Å². The Morgan fingerprint density at radius 1 is 1.19 bits per heavy atom. The largest absolute Gasteiger partial charge is 0.394 e. The summed E-state index contributed by atoms with van der Waals surface area (Å²) in [5.41, 5.74) is 4.64. The van der Waals surface area contributed by atoms with E-state index in [-0.39, 0.29) is 6.61 Å². The number of aromatic amines is 1. The molecule has 1 unspecified atom stereocenters. The van der Waals surface area contributed by atoms with Crippen LogP contribution in [0.3, 0.4) is 0 Å². The van der Waals surface area contributed by atoms with E-state index < -0.39 is 6.10 Å². The van der Waals surface area contributed by atoms with Crippen molar-refractivity contribution in [2.45, 2.75) is 18.9 Å². The van der Waals surface area contributed by atoms with Gasteiger partial charge in [0.1, 0.15) is 0 Å². The summed E-state index contributed by atoms with van der Waals surface area (Å²) in [6.07, 6.45) is 1.15. The van der Waals surface area contributed by atoms with Gasteiger partial charge in [-0.15, -0.1) is 0 Å². The van der Waals surface area contributed by atoms with Crippen molar-refractivity contribution in [2.24, 2.45) is 0 Å². The Labute approximate surface area is 124 Å². The van der Waals surface area contributed by atoms with Crippen LogP contribution in [-0.2, 0) is 12.8 Å². The molecule has 1 atom stereocenters. The van der Waals surface area contributed by atoms with Crippen molar-refractivity contribution >= 4 is 0 Å². The summed E-state index contributed by atoms with van der Waals surface area (Å²) < 4.78 is 0. The fraction of sp³-hybridized carbons (Fsp3) is 0.438. The standard InChI is InChI=1S/C16H21N3O2/c20-11-13(21)10-19-8-6-14-15(7-9-19)17-18-16(14)12-4-2-1-3-5-12/h1-5,13,20-21H,6-11H2,(H,17,18). The van der Waals surface area contributed by atoms with Gasteiger partial charge in [0.25, 0.3) is 0 Å². The van der Waals surface area contributed by atoms with E-state index in [1.165, 1.54) is 11.3 Å². The summed E-state index contributed by atoms with van der Waals surface area (Å²) in [5, 5.41) is 26.2. The van der Waals surface area contributed by atoms with Crippen molar-refractivity contribution in [1.29, 1.82) is 0 Å². The van der Waals surface area contributed by atoms with Crippen LogP contribution in [-0.4, -0.2) is 57.7 Å². The molecule has 0 amide bonds. The van der Waals surface area contributed by atoms with Gasteiger partial charge in [0, 0.05) is 42.9 Å². The first-order chi connectivity index (χ1) is 10.3. The van der Waals surface area contributed by atoms with Crippen molar-refractivity contribution in [3.05, 3.63) is 41.6 Å². The molecular formula is C16H21N3O2. The number of nitrogens with zero attached hydrogens (tertiary/aromatic N) is 2. The van der Waals surface area contributed by atoms with Crippen LogP contribution in [0.4, 0.5) is 0 Å². The molecule has 1 aliphatic rings. The number of hydrogen-bond donors (Lipinski definition) is 3. The maximum absolute atomic E-state index is 9.59. The third-order valence-electron chi connectivity index (χ3n) is 4.04. The maximum atomic E-state index is 9.59.